The van der Waals surface area contributed by atoms with Gasteiger partial charge >= 0.3 is 0 Å². The van der Waals surface area contributed by atoms with Gasteiger partial charge in [-0.25, -0.2) is 9.97 Å². The van der Waals surface area contributed by atoms with Crippen LogP contribution >= 0.6 is 27.7 Å². The van der Waals surface area contributed by atoms with Gasteiger partial charge in [-0.2, -0.15) is 11.8 Å². The van der Waals surface area contributed by atoms with Crippen LogP contribution in [0, 0.1) is 0 Å². The molecule has 0 spiro atoms. The number of nitrogen functional groups attached to an aromatic ring is 1. The fourth-order valence-corrected chi connectivity index (χ4v) is 4.04. The molecule has 1 fully saturated rings. The molecule has 0 saturated heterocycles. The average Bonchev–Trinajstić information content (AvgIpc) is 2.73. The first kappa shape index (κ1) is 13.2. The van der Waals surface area contributed by atoms with E-state index < -0.39 is 0 Å². The Bertz CT molecular complexity index is 598. The minimum absolute atomic E-state index is 0.435. The molecule has 1 aliphatic carbocycles. The van der Waals surface area contributed by atoms with Gasteiger partial charge in [0.1, 0.15) is 5.52 Å². The highest BCUT2D eigenvalue weighted by atomic mass is 79.9. The van der Waals surface area contributed by atoms with Gasteiger partial charge < -0.3 is 5.73 Å². The largest absolute Gasteiger partial charge is 0.369 e. The van der Waals surface area contributed by atoms with Crippen molar-refractivity contribution in [2.45, 2.75) is 37.0 Å². The molecule has 3 rings (SSSR count). The maximum atomic E-state index is 6.11. The summed E-state index contributed by atoms with van der Waals surface area (Å²) in [5.74, 6) is 0.590. The number of hydrogen-bond acceptors (Lipinski definition) is 4. The van der Waals surface area contributed by atoms with Crippen LogP contribution in [0.4, 0.5) is 5.95 Å². The molecule has 2 N–H and O–H groups in total. The molecule has 0 bridgehead atoms. The van der Waals surface area contributed by atoms with Crippen LogP contribution in [-0.4, -0.2) is 26.0 Å². The molecular formula is C13H17BrN4S. The second kappa shape index (κ2) is 5.32. The molecule has 19 heavy (non-hydrogen) atoms. The van der Waals surface area contributed by atoms with Gasteiger partial charge in [0.25, 0.3) is 0 Å². The van der Waals surface area contributed by atoms with Crippen LogP contribution in [-0.2, 0) is 0 Å². The first-order valence-corrected chi connectivity index (χ1v) is 8.59. The van der Waals surface area contributed by atoms with E-state index in [-0.39, 0.29) is 0 Å². The van der Waals surface area contributed by atoms with Crippen molar-refractivity contribution in [2.24, 2.45) is 0 Å². The van der Waals surface area contributed by atoms with Gasteiger partial charge in [-0.15, -0.1) is 0 Å². The Kier molecular flexibility index (Phi) is 3.71. The molecule has 0 radical (unpaired) electrons. The van der Waals surface area contributed by atoms with Gasteiger partial charge in [0.05, 0.1) is 0 Å². The van der Waals surface area contributed by atoms with Crippen LogP contribution in [0.25, 0.3) is 11.2 Å². The van der Waals surface area contributed by atoms with Gasteiger partial charge in [0.15, 0.2) is 5.65 Å². The van der Waals surface area contributed by atoms with Crippen LogP contribution in [0.5, 0.6) is 0 Å². The van der Waals surface area contributed by atoms with Crippen LogP contribution in [0.2, 0.25) is 0 Å². The highest BCUT2D eigenvalue weighted by molar-refractivity contribution is 9.10. The number of halogens is 1. The van der Waals surface area contributed by atoms with E-state index in [0.29, 0.717) is 12.0 Å². The second-order valence-corrected chi connectivity index (χ2v) is 7.07. The van der Waals surface area contributed by atoms with Crippen molar-refractivity contribution in [2.75, 3.05) is 12.0 Å². The van der Waals surface area contributed by atoms with Crippen molar-refractivity contribution < 1.29 is 0 Å². The topological polar surface area (TPSA) is 56.7 Å². The van der Waals surface area contributed by atoms with Gasteiger partial charge in [-0.1, -0.05) is 6.42 Å². The van der Waals surface area contributed by atoms with Gasteiger partial charge in [-0.3, -0.25) is 4.57 Å². The number of anilines is 1. The number of aromatic nitrogens is 3. The summed E-state index contributed by atoms with van der Waals surface area (Å²) in [6.45, 7) is 0. The SMILES string of the molecule is CSC1CCCC(n2c(N)nc3cc(Br)cnc32)C1. The number of rotatable bonds is 2. The molecule has 2 atom stereocenters. The van der Waals surface area contributed by atoms with Crippen molar-refractivity contribution >= 4 is 44.8 Å². The quantitative estimate of drug-likeness (QED) is 0.906. The Morgan fingerprint density at radius 3 is 3.11 bits per heavy atom. The number of nitrogens with zero attached hydrogens (tertiary/aromatic N) is 3. The van der Waals surface area contributed by atoms with E-state index in [1.165, 1.54) is 19.3 Å². The lowest BCUT2D eigenvalue weighted by Gasteiger charge is -2.29. The highest BCUT2D eigenvalue weighted by Gasteiger charge is 2.26. The van der Waals surface area contributed by atoms with Gasteiger partial charge in [-0.05, 0) is 47.5 Å². The summed E-state index contributed by atoms with van der Waals surface area (Å²) < 4.78 is 3.07. The summed E-state index contributed by atoms with van der Waals surface area (Å²) in [5.41, 5.74) is 7.89. The minimum atomic E-state index is 0.435. The van der Waals surface area contributed by atoms with Crippen molar-refractivity contribution in [3.05, 3.63) is 16.7 Å². The fraction of sp³-hybridized carbons (Fsp3) is 0.538. The zero-order chi connectivity index (χ0) is 13.4. The van der Waals surface area contributed by atoms with Crippen molar-refractivity contribution in [1.82, 2.24) is 14.5 Å². The molecular weight excluding hydrogens is 324 g/mol. The number of fused-ring (bicyclic) bond motifs is 1. The zero-order valence-electron chi connectivity index (χ0n) is 10.8. The Balaban J connectivity index is 2.02. The first-order chi connectivity index (χ1) is 9.19. The van der Waals surface area contributed by atoms with E-state index >= 15 is 0 Å². The van der Waals surface area contributed by atoms with E-state index in [1.54, 1.807) is 0 Å². The second-order valence-electron chi connectivity index (χ2n) is 5.01. The summed E-state index contributed by atoms with van der Waals surface area (Å²) in [4.78, 5) is 8.94. The molecule has 2 unspecified atom stereocenters. The van der Waals surface area contributed by atoms with Crippen molar-refractivity contribution in [1.29, 1.82) is 0 Å². The van der Waals surface area contributed by atoms with E-state index in [1.807, 2.05) is 24.0 Å². The molecule has 2 heterocycles. The number of nitrogens with two attached hydrogens (primary N) is 1. The van der Waals surface area contributed by atoms with E-state index in [2.05, 4.69) is 36.7 Å². The Labute approximate surface area is 125 Å². The lowest BCUT2D eigenvalue weighted by Crippen LogP contribution is -2.22. The van der Waals surface area contributed by atoms with Gasteiger partial charge in [0.2, 0.25) is 5.95 Å². The predicted octanol–water partition coefficient (Wildman–Crippen LogP) is 3.62. The fourth-order valence-electron chi connectivity index (χ4n) is 2.90. The molecule has 1 aliphatic rings. The molecule has 2 aromatic rings. The molecule has 6 heteroatoms. The van der Waals surface area contributed by atoms with Crippen molar-refractivity contribution in [3.8, 4) is 0 Å². The number of imidazole rings is 1. The molecule has 1 saturated carbocycles. The summed E-state index contributed by atoms with van der Waals surface area (Å²) in [5, 5.41) is 0.728. The van der Waals surface area contributed by atoms with Crippen molar-refractivity contribution in [3.63, 3.8) is 0 Å². The molecule has 0 aromatic carbocycles. The normalized spacial score (nSPS) is 23.9. The minimum Gasteiger partial charge on any atom is -0.369 e. The third kappa shape index (κ3) is 2.48. The monoisotopic (exact) mass is 340 g/mol. The lowest BCUT2D eigenvalue weighted by molar-refractivity contribution is 0.370. The number of hydrogen-bond donors (Lipinski definition) is 1. The third-order valence-electron chi connectivity index (χ3n) is 3.82. The Morgan fingerprint density at radius 1 is 1.47 bits per heavy atom. The Morgan fingerprint density at radius 2 is 2.32 bits per heavy atom. The van der Waals surface area contributed by atoms with E-state index in [4.69, 9.17) is 5.73 Å². The third-order valence-corrected chi connectivity index (χ3v) is 5.35. The first-order valence-electron chi connectivity index (χ1n) is 6.51. The standard InChI is InChI=1S/C13H17BrN4S/c1-19-10-4-2-3-9(6-10)18-12-11(17-13(18)15)5-8(14)7-16-12/h5,7,9-10H,2-4,6H2,1H3,(H2,15,17). The summed E-state index contributed by atoms with van der Waals surface area (Å²) in [6, 6.07) is 2.41. The molecule has 4 nitrogen and oxygen atoms in total. The Hall–Kier alpha value is -0.750. The maximum Gasteiger partial charge on any atom is 0.202 e. The molecule has 0 aliphatic heterocycles. The van der Waals surface area contributed by atoms with E-state index in [0.717, 1.165) is 27.3 Å². The van der Waals surface area contributed by atoms with Crippen LogP contribution < -0.4 is 5.73 Å². The van der Waals surface area contributed by atoms with E-state index in [9.17, 15) is 0 Å². The smallest absolute Gasteiger partial charge is 0.202 e. The molecule has 102 valence electrons. The molecule has 0 amide bonds. The van der Waals surface area contributed by atoms with Gasteiger partial charge in [0, 0.05) is 22.0 Å². The number of pyridine rings is 1. The predicted molar refractivity (Wildman–Crippen MR) is 84.4 cm³/mol. The maximum absolute atomic E-state index is 6.11. The molecule has 2 aromatic heterocycles. The van der Waals surface area contributed by atoms with Crippen LogP contribution in [0.3, 0.4) is 0 Å². The average molecular weight is 341 g/mol. The highest BCUT2D eigenvalue weighted by Crippen LogP contribution is 2.37. The summed E-state index contributed by atoms with van der Waals surface area (Å²) in [6.07, 6.45) is 8.90. The zero-order valence-corrected chi connectivity index (χ0v) is 13.2. The number of thioether (sulfide) groups is 1. The summed E-state index contributed by atoms with van der Waals surface area (Å²) in [7, 11) is 0. The van der Waals surface area contributed by atoms with Crippen LogP contribution in [0.15, 0.2) is 16.7 Å². The summed E-state index contributed by atoms with van der Waals surface area (Å²) >= 11 is 5.39. The van der Waals surface area contributed by atoms with Crippen LogP contribution in [0.1, 0.15) is 31.7 Å². The lowest BCUT2D eigenvalue weighted by atomic mass is 9.95.